The van der Waals surface area contributed by atoms with Crippen LogP contribution in [0, 0.1) is 10.6 Å². The minimum Gasteiger partial charge on any atom is -0.758 e. The molecule has 0 saturated heterocycles. The lowest BCUT2D eigenvalue weighted by atomic mass is 10.1. The van der Waals surface area contributed by atoms with Crippen LogP contribution < -0.4 is 5.06 Å². The lowest BCUT2D eigenvalue weighted by Gasteiger charge is -2.26. The smallest absolute Gasteiger partial charge is 0.0604 e. The van der Waals surface area contributed by atoms with Crippen LogP contribution in [0.4, 0.5) is 5.69 Å². The monoisotopic (exact) mass is 459 g/mol. The Morgan fingerprint density at radius 3 is 2.13 bits per heavy atom. The molecule has 0 atom stereocenters. The van der Waals surface area contributed by atoms with Gasteiger partial charge in [-0.2, -0.15) is 0 Å². The Balaban J connectivity index is 2.86. The van der Waals surface area contributed by atoms with E-state index in [0.29, 0.717) is 21.4 Å². The summed E-state index contributed by atoms with van der Waals surface area (Å²) in [5, 5.41) is 20.1. The van der Waals surface area contributed by atoms with E-state index in [-0.39, 0.29) is 6.54 Å². The van der Waals surface area contributed by atoms with Crippen molar-refractivity contribution in [3.8, 4) is 0 Å². The summed E-state index contributed by atoms with van der Waals surface area (Å²) in [6.45, 7) is 0.0927. The molecule has 15 heavy (non-hydrogen) atoms. The van der Waals surface area contributed by atoms with Crippen LogP contribution in [0.2, 0.25) is 0 Å². The van der Waals surface area contributed by atoms with Gasteiger partial charge in [-0.25, -0.2) is 0 Å². The Hall–Kier alpha value is 0.570. The van der Waals surface area contributed by atoms with Gasteiger partial charge in [0.25, 0.3) is 0 Å². The molecule has 3 nitrogen and oxygen atoms in total. The fourth-order valence-corrected chi connectivity index (χ4v) is 3.97. The maximum atomic E-state index is 11.6. The van der Waals surface area contributed by atoms with Gasteiger partial charge in [0.2, 0.25) is 0 Å². The van der Waals surface area contributed by atoms with Crippen molar-refractivity contribution < 1.29 is 0 Å². The van der Waals surface area contributed by atoms with Gasteiger partial charge in [-0.15, -0.1) is 0 Å². The molecule has 0 aromatic heterocycles. The van der Waals surface area contributed by atoms with Crippen molar-refractivity contribution in [1.82, 2.24) is 0 Å². The van der Waals surface area contributed by atoms with Gasteiger partial charge >= 0.3 is 0 Å². The van der Waals surface area contributed by atoms with E-state index >= 15 is 0 Å². The van der Waals surface area contributed by atoms with E-state index in [9.17, 15) is 5.21 Å². The summed E-state index contributed by atoms with van der Waals surface area (Å²) in [4.78, 5) is 0. The zero-order valence-corrected chi connectivity index (χ0v) is 13.4. The highest BCUT2D eigenvalue weighted by atomic mass is 79.9. The van der Waals surface area contributed by atoms with Crippen molar-refractivity contribution in [3.63, 3.8) is 0 Å². The second-order valence-corrected chi connectivity index (χ2v) is 6.17. The van der Waals surface area contributed by atoms with Crippen LogP contribution in [0.5, 0.6) is 0 Å². The Morgan fingerprint density at radius 1 is 1.00 bits per heavy atom. The second kappa shape index (κ2) is 4.10. The third-order valence-corrected chi connectivity index (χ3v) is 6.84. The molecule has 0 bridgehead atoms. The topological polar surface area (TPSA) is 50.2 Å². The van der Waals surface area contributed by atoms with Crippen LogP contribution in [0.15, 0.2) is 17.9 Å². The predicted octanol–water partition coefficient (Wildman–Crippen LogP) is 4.42. The summed E-state index contributed by atoms with van der Waals surface area (Å²) < 4.78 is 2.97. The standard InChI is InChI=1S/C8H3Br4N2O/c9-4-3-2(13)1-14(15)8(3)7(12)6(11)5(4)10/h13H,1H2/q-1. The lowest BCUT2D eigenvalue weighted by Crippen LogP contribution is -2.13. The highest BCUT2D eigenvalue weighted by Crippen LogP contribution is 2.48. The molecular formula is C8H3Br4N2O-. The lowest BCUT2D eigenvalue weighted by molar-refractivity contribution is 1.16. The van der Waals surface area contributed by atoms with Crippen molar-refractivity contribution in [2.45, 2.75) is 0 Å². The molecule has 0 saturated carbocycles. The van der Waals surface area contributed by atoms with E-state index in [2.05, 4.69) is 63.7 Å². The van der Waals surface area contributed by atoms with Gasteiger partial charge in [0.05, 0.1) is 15.9 Å². The molecule has 80 valence electrons. The van der Waals surface area contributed by atoms with Crippen LogP contribution in [0.3, 0.4) is 0 Å². The molecule has 1 aliphatic rings. The second-order valence-electron chi connectivity index (χ2n) is 2.99. The van der Waals surface area contributed by atoms with E-state index in [0.717, 1.165) is 18.5 Å². The van der Waals surface area contributed by atoms with Gasteiger partial charge in [0.15, 0.2) is 0 Å². The van der Waals surface area contributed by atoms with Crippen LogP contribution in [-0.2, 0) is 0 Å². The van der Waals surface area contributed by atoms with Crippen molar-refractivity contribution in [1.29, 1.82) is 5.41 Å². The van der Waals surface area contributed by atoms with Crippen molar-refractivity contribution in [2.24, 2.45) is 0 Å². The van der Waals surface area contributed by atoms with E-state index in [4.69, 9.17) is 5.41 Å². The predicted molar refractivity (Wildman–Crippen MR) is 74.8 cm³/mol. The molecular weight excluding hydrogens is 460 g/mol. The molecule has 1 heterocycles. The average Bonchev–Trinajstić information content (AvgIpc) is 2.47. The molecule has 0 fully saturated rings. The summed E-state index contributed by atoms with van der Waals surface area (Å²) in [7, 11) is 0. The first-order valence-corrected chi connectivity index (χ1v) is 7.00. The highest BCUT2D eigenvalue weighted by molar-refractivity contribution is 9.15. The summed E-state index contributed by atoms with van der Waals surface area (Å²) in [6, 6.07) is 0. The van der Waals surface area contributed by atoms with E-state index in [1.165, 1.54) is 0 Å². The molecule has 0 aliphatic carbocycles. The molecule has 1 N–H and O–H groups in total. The van der Waals surface area contributed by atoms with Crippen LogP contribution >= 0.6 is 63.7 Å². The van der Waals surface area contributed by atoms with Gasteiger partial charge in [-0.05, 0) is 63.7 Å². The largest absolute Gasteiger partial charge is 0.758 e. The van der Waals surface area contributed by atoms with Crippen molar-refractivity contribution >= 4 is 75.1 Å². The Morgan fingerprint density at radius 2 is 1.53 bits per heavy atom. The molecule has 1 aromatic rings. The number of hydrogen-bond donors (Lipinski definition) is 1. The van der Waals surface area contributed by atoms with E-state index in [1.807, 2.05) is 0 Å². The summed E-state index contributed by atoms with van der Waals surface area (Å²) >= 11 is 13.5. The number of anilines is 1. The molecule has 0 radical (unpaired) electrons. The minimum absolute atomic E-state index is 0.0927. The Bertz CT molecular complexity index is 474. The van der Waals surface area contributed by atoms with Crippen molar-refractivity contribution in [3.05, 3.63) is 28.7 Å². The van der Waals surface area contributed by atoms with Crippen LogP contribution in [0.25, 0.3) is 0 Å². The third-order valence-electron chi connectivity index (χ3n) is 2.10. The average molecular weight is 463 g/mol. The van der Waals surface area contributed by atoms with E-state index < -0.39 is 0 Å². The van der Waals surface area contributed by atoms with Crippen LogP contribution in [-0.4, -0.2) is 12.3 Å². The molecule has 1 aromatic carbocycles. The van der Waals surface area contributed by atoms with Gasteiger partial charge in [0, 0.05) is 25.5 Å². The number of fused-ring (bicyclic) bond motifs is 1. The number of nitrogens with zero attached hydrogens (tertiary/aromatic N) is 1. The highest BCUT2D eigenvalue weighted by Gasteiger charge is 2.27. The number of benzene rings is 1. The first kappa shape index (κ1) is 12.0. The van der Waals surface area contributed by atoms with Gasteiger partial charge < -0.3 is 15.7 Å². The molecule has 0 amide bonds. The maximum absolute atomic E-state index is 11.6. The van der Waals surface area contributed by atoms with Crippen molar-refractivity contribution in [2.75, 3.05) is 11.6 Å². The number of hydroxylamine groups is 1. The summed E-state index contributed by atoms with van der Waals surface area (Å²) in [6.07, 6.45) is 0. The molecule has 1 aliphatic heterocycles. The zero-order chi connectivity index (χ0) is 11.3. The molecule has 0 spiro atoms. The van der Waals surface area contributed by atoms with E-state index in [1.54, 1.807) is 0 Å². The van der Waals surface area contributed by atoms with Gasteiger partial charge in [-0.1, -0.05) is 0 Å². The first-order valence-electron chi connectivity index (χ1n) is 3.83. The minimum atomic E-state index is 0.0927. The number of nitrogens with one attached hydrogen (secondary N) is 1. The SMILES string of the molecule is N=C1CN([O-])c2c(Br)c(Br)c(Br)c(Br)c21. The number of hydrogen-bond acceptors (Lipinski definition) is 3. The molecule has 2 rings (SSSR count). The quantitative estimate of drug-likeness (QED) is 0.458. The maximum Gasteiger partial charge on any atom is 0.0604 e. The first-order chi connectivity index (χ1) is 6.95. The zero-order valence-electron chi connectivity index (χ0n) is 7.07. The van der Waals surface area contributed by atoms with Gasteiger partial charge in [-0.3, -0.25) is 0 Å². The van der Waals surface area contributed by atoms with Crippen LogP contribution in [0.1, 0.15) is 5.56 Å². The molecule has 7 heteroatoms. The fraction of sp³-hybridized carbons (Fsp3) is 0.125. The third kappa shape index (κ3) is 1.72. The number of rotatable bonds is 0. The number of halogens is 4. The normalized spacial score (nSPS) is 14.7. The Labute approximate surface area is 120 Å². The summed E-state index contributed by atoms with van der Waals surface area (Å²) in [5.74, 6) is 0. The summed E-state index contributed by atoms with van der Waals surface area (Å²) in [5.41, 5.74) is 1.47. The Kier molecular flexibility index (Phi) is 3.29. The fourth-order valence-electron chi connectivity index (χ4n) is 1.43. The molecule has 0 unspecified atom stereocenters. The van der Waals surface area contributed by atoms with Gasteiger partial charge in [0.1, 0.15) is 0 Å².